The van der Waals surface area contributed by atoms with Crippen LogP contribution in [0.4, 0.5) is 0 Å². The number of halogens is 1. The maximum absolute atomic E-state index is 11.3. The number of ether oxygens (including phenoxy) is 2. The molecule has 0 atom stereocenters. The van der Waals surface area contributed by atoms with Crippen LogP contribution in [0.2, 0.25) is 5.15 Å². The quantitative estimate of drug-likeness (QED) is 0.877. The molecule has 20 heavy (non-hydrogen) atoms. The number of carbonyl (C=O) groups is 1. The summed E-state index contributed by atoms with van der Waals surface area (Å²) in [6.45, 7) is 0. The lowest BCUT2D eigenvalue weighted by Crippen LogP contribution is -2.02. The van der Waals surface area contributed by atoms with Gasteiger partial charge in [-0.2, -0.15) is 0 Å². The number of hydrogen-bond acceptors (Lipinski definition) is 4. The molecule has 104 valence electrons. The van der Waals surface area contributed by atoms with Crippen molar-refractivity contribution in [1.82, 2.24) is 4.98 Å². The Kier molecular flexibility index (Phi) is 4.10. The molecule has 2 rings (SSSR count). The van der Waals surface area contributed by atoms with Gasteiger partial charge in [0.15, 0.2) is 0 Å². The molecule has 0 aliphatic rings. The molecule has 0 fully saturated rings. The summed E-state index contributed by atoms with van der Waals surface area (Å²) in [6.07, 6.45) is 1.41. The molecule has 1 N–H and O–H groups in total. The fourth-order valence-corrected chi connectivity index (χ4v) is 2.00. The van der Waals surface area contributed by atoms with Gasteiger partial charge in [0.05, 0.1) is 19.8 Å². The lowest BCUT2D eigenvalue weighted by molar-refractivity contribution is 0.0697. The number of benzene rings is 1. The van der Waals surface area contributed by atoms with Crippen molar-refractivity contribution in [2.75, 3.05) is 14.2 Å². The molecule has 1 aromatic heterocycles. The number of carboxylic acid groups (broad SMARTS) is 1. The van der Waals surface area contributed by atoms with Crippen molar-refractivity contribution in [1.29, 1.82) is 0 Å². The van der Waals surface area contributed by atoms with E-state index in [-0.39, 0.29) is 10.7 Å². The molecule has 0 radical (unpaired) electrons. The molecule has 5 nitrogen and oxygen atoms in total. The lowest BCUT2D eigenvalue weighted by Gasteiger charge is -2.12. The number of nitrogens with zero attached hydrogens (tertiary/aromatic N) is 1. The van der Waals surface area contributed by atoms with Gasteiger partial charge in [0.1, 0.15) is 16.7 Å². The molecule has 0 aliphatic heterocycles. The van der Waals surface area contributed by atoms with Crippen LogP contribution < -0.4 is 9.47 Å². The highest BCUT2D eigenvalue weighted by Crippen LogP contribution is 2.35. The molecule has 1 heterocycles. The van der Waals surface area contributed by atoms with E-state index >= 15 is 0 Å². The van der Waals surface area contributed by atoms with Crippen LogP contribution in [0.3, 0.4) is 0 Å². The maximum Gasteiger partial charge on any atom is 0.336 e. The molecule has 2 aromatic rings. The van der Waals surface area contributed by atoms with Crippen LogP contribution in [-0.4, -0.2) is 30.3 Å². The van der Waals surface area contributed by atoms with E-state index in [1.807, 2.05) is 0 Å². The van der Waals surface area contributed by atoms with E-state index in [0.29, 0.717) is 22.6 Å². The fraction of sp³-hybridized carbons (Fsp3) is 0.143. The minimum Gasteiger partial charge on any atom is -0.497 e. The van der Waals surface area contributed by atoms with Gasteiger partial charge in [-0.05, 0) is 24.3 Å². The summed E-state index contributed by atoms with van der Waals surface area (Å²) in [6, 6.07) is 6.43. The zero-order chi connectivity index (χ0) is 14.7. The summed E-state index contributed by atoms with van der Waals surface area (Å²) in [5.74, 6) is 0.0266. The first-order valence-electron chi connectivity index (χ1n) is 5.68. The van der Waals surface area contributed by atoms with Crippen molar-refractivity contribution in [2.24, 2.45) is 0 Å². The van der Waals surface area contributed by atoms with E-state index in [1.165, 1.54) is 26.5 Å². The number of carboxylic acids is 1. The van der Waals surface area contributed by atoms with Crippen molar-refractivity contribution in [3.05, 3.63) is 41.2 Å². The zero-order valence-corrected chi connectivity index (χ0v) is 11.6. The molecule has 0 amide bonds. The standard InChI is InChI=1S/C14H12ClNO4/c1-19-8-3-4-12(20-2)9(5-8)11-7-16-13(15)6-10(11)14(17)18/h3-7H,1-2H3,(H,17,18). The summed E-state index contributed by atoms with van der Waals surface area (Å²) in [5, 5.41) is 9.40. The van der Waals surface area contributed by atoms with E-state index in [1.54, 1.807) is 18.2 Å². The van der Waals surface area contributed by atoms with Crippen molar-refractivity contribution in [3.8, 4) is 22.6 Å². The van der Waals surface area contributed by atoms with Gasteiger partial charge in [0.2, 0.25) is 0 Å². The highest BCUT2D eigenvalue weighted by Gasteiger charge is 2.17. The smallest absolute Gasteiger partial charge is 0.336 e. The molecule has 6 heteroatoms. The van der Waals surface area contributed by atoms with E-state index in [2.05, 4.69) is 4.98 Å². The monoisotopic (exact) mass is 293 g/mol. The summed E-state index contributed by atoms with van der Waals surface area (Å²) in [7, 11) is 3.04. The second-order valence-electron chi connectivity index (χ2n) is 3.92. The minimum absolute atomic E-state index is 0.0524. The van der Waals surface area contributed by atoms with E-state index < -0.39 is 5.97 Å². The van der Waals surface area contributed by atoms with Crippen LogP contribution in [0.15, 0.2) is 30.5 Å². The lowest BCUT2D eigenvalue weighted by atomic mass is 10.0. The predicted molar refractivity (Wildman–Crippen MR) is 74.7 cm³/mol. The van der Waals surface area contributed by atoms with Crippen LogP contribution in [0.5, 0.6) is 11.5 Å². The molecule has 0 bridgehead atoms. The van der Waals surface area contributed by atoms with E-state index in [4.69, 9.17) is 21.1 Å². The maximum atomic E-state index is 11.3. The summed E-state index contributed by atoms with van der Waals surface area (Å²) >= 11 is 5.75. The van der Waals surface area contributed by atoms with E-state index in [0.717, 1.165) is 0 Å². The Morgan fingerprint density at radius 1 is 1.20 bits per heavy atom. The predicted octanol–water partition coefficient (Wildman–Crippen LogP) is 3.12. The molecule has 0 saturated carbocycles. The topological polar surface area (TPSA) is 68.7 Å². The van der Waals surface area contributed by atoms with Gasteiger partial charge in [0.25, 0.3) is 0 Å². The molecule has 0 spiro atoms. The first-order chi connectivity index (χ1) is 9.56. The van der Waals surface area contributed by atoms with Crippen molar-refractivity contribution >= 4 is 17.6 Å². The Labute approximate surface area is 120 Å². The van der Waals surface area contributed by atoms with Crippen LogP contribution in [0, 0.1) is 0 Å². The van der Waals surface area contributed by atoms with Crippen LogP contribution >= 0.6 is 11.6 Å². The van der Waals surface area contributed by atoms with Crippen LogP contribution in [0.25, 0.3) is 11.1 Å². The highest BCUT2D eigenvalue weighted by molar-refractivity contribution is 6.29. The molecular weight excluding hydrogens is 282 g/mol. The molecule has 0 unspecified atom stereocenters. The molecule has 0 saturated heterocycles. The SMILES string of the molecule is COc1ccc(OC)c(-c2cnc(Cl)cc2C(=O)O)c1. The zero-order valence-electron chi connectivity index (χ0n) is 10.9. The average molecular weight is 294 g/mol. The number of hydrogen-bond donors (Lipinski definition) is 1. The summed E-state index contributed by atoms with van der Waals surface area (Å²) in [4.78, 5) is 15.3. The van der Waals surface area contributed by atoms with Gasteiger partial charge in [-0.15, -0.1) is 0 Å². The van der Waals surface area contributed by atoms with Gasteiger partial charge in [-0.1, -0.05) is 11.6 Å². The van der Waals surface area contributed by atoms with E-state index in [9.17, 15) is 9.90 Å². The largest absolute Gasteiger partial charge is 0.497 e. The molecule has 1 aromatic carbocycles. The normalized spacial score (nSPS) is 10.2. The third-order valence-electron chi connectivity index (χ3n) is 2.80. The van der Waals surface area contributed by atoms with Gasteiger partial charge in [-0.25, -0.2) is 9.78 Å². The van der Waals surface area contributed by atoms with Gasteiger partial charge in [-0.3, -0.25) is 0 Å². The first kappa shape index (κ1) is 14.1. The Bertz CT molecular complexity index is 658. The summed E-state index contributed by atoms with van der Waals surface area (Å²) in [5.41, 5.74) is 1.04. The third-order valence-corrected chi connectivity index (χ3v) is 3.00. The number of aromatic nitrogens is 1. The number of aromatic carboxylic acids is 1. The summed E-state index contributed by atoms with van der Waals surface area (Å²) < 4.78 is 10.4. The second-order valence-corrected chi connectivity index (χ2v) is 4.31. The van der Waals surface area contributed by atoms with Gasteiger partial charge in [0, 0.05) is 17.3 Å². The first-order valence-corrected chi connectivity index (χ1v) is 6.06. The Hall–Kier alpha value is -2.27. The van der Waals surface area contributed by atoms with Crippen molar-refractivity contribution < 1.29 is 19.4 Å². The Morgan fingerprint density at radius 3 is 2.55 bits per heavy atom. The number of pyridine rings is 1. The fourth-order valence-electron chi connectivity index (χ4n) is 1.85. The minimum atomic E-state index is -1.09. The number of rotatable bonds is 4. The van der Waals surface area contributed by atoms with Gasteiger partial charge < -0.3 is 14.6 Å². The van der Waals surface area contributed by atoms with Crippen molar-refractivity contribution in [3.63, 3.8) is 0 Å². The van der Waals surface area contributed by atoms with Crippen molar-refractivity contribution in [2.45, 2.75) is 0 Å². The van der Waals surface area contributed by atoms with Crippen LogP contribution in [-0.2, 0) is 0 Å². The second kappa shape index (κ2) is 5.79. The molecular formula is C14H12ClNO4. The molecule has 0 aliphatic carbocycles. The van der Waals surface area contributed by atoms with Crippen LogP contribution in [0.1, 0.15) is 10.4 Å². The number of methoxy groups -OCH3 is 2. The third kappa shape index (κ3) is 2.67. The highest BCUT2D eigenvalue weighted by atomic mass is 35.5. The van der Waals surface area contributed by atoms with Gasteiger partial charge >= 0.3 is 5.97 Å². The Morgan fingerprint density at radius 2 is 1.95 bits per heavy atom. The Balaban J connectivity index is 2.69. The average Bonchev–Trinajstić information content (AvgIpc) is 2.46.